The van der Waals surface area contributed by atoms with E-state index in [1.54, 1.807) is 0 Å². The van der Waals surface area contributed by atoms with E-state index in [1.807, 2.05) is 0 Å². The standard InChI is InChI=1S/C24H31N3O/c1-18-4-10-21(11-5-18)23(22-12-13-22)26-24(28)25-16-19-6-8-20(9-7-19)17-27-14-2-3-15-27/h4-11,22-23H,2-3,12-17H2,1H3,(H2,25,26,28). The number of amides is 2. The summed E-state index contributed by atoms with van der Waals surface area (Å²) in [4.78, 5) is 15.0. The summed E-state index contributed by atoms with van der Waals surface area (Å²) < 4.78 is 0. The second-order valence-electron chi connectivity index (χ2n) is 8.35. The third kappa shape index (κ3) is 5.14. The predicted octanol–water partition coefficient (Wildman–Crippen LogP) is 4.54. The summed E-state index contributed by atoms with van der Waals surface area (Å²) in [6.45, 7) is 6.11. The number of benzene rings is 2. The number of hydrogen-bond donors (Lipinski definition) is 2. The van der Waals surface area contributed by atoms with Gasteiger partial charge in [0.15, 0.2) is 0 Å². The molecule has 1 aliphatic heterocycles. The Bertz CT molecular complexity index is 775. The molecule has 0 radical (unpaired) electrons. The van der Waals surface area contributed by atoms with Crippen LogP contribution in [-0.4, -0.2) is 24.0 Å². The molecule has 1 saturated carbocycles. The SMILES string of the molecule is Cc1ccc(C(NC(=O)NCc2ccc(CN3CCCC3)cc2)C2CC2)cc1. The van der Waals surface area contributed by atoms with E-state index in [0.717, 1.165) is 12.1 Å². The lowest BCUT2D eigenvalue weighted by atomic mass is 10.0. The van der Waals surface area contributed by atoms with Gasteiger partial charge in [-0.3, -0.25) is 4.90 Å². The summed E-state index contributed by atoms with van der Waals surface area (Å²) in [6.07, 6.45) is 5.03. The van der Waals surface area contributed by atoms with Gasteiger partial charge >= 0.3 is 6.03 Å². The lowest BCUT2D eigenvalue weighted by Crippen LogP contribution is -2.38. The predicted molar refractivity (Wildman–Crippen MR) is 113 cm³/mol. The van der Waals surface area contributed by atoms with Crippen LogP contribution in [0.25, 0.3) is 0 Å². The van der Waals surface area contributed by atoms with E-state index >= 15 is 0 Å². The molecule has 0 aromatic heterocycles. The van der Waals surface area contributed by atoms with Crippen molar-refractivity contribution in [3.63, 3.8) is 0 Å². The maximum Gasteiger partial charge on any atom is 0.315 e. The van der Waals surface area contributed by atoms with Gasteiger partial charge in [0.05, 0.1) is 6.04 Å². The molecule has 1 unspecified atom stereocenters. The van der Waals surface area contributed by atoms with Gasteiger partial charge in [-0.25, -0.2) is 4.79 Å². The van der Waals surface area contributed by atoms with Crippen LogP contribution in [0, 0.1) is 12.8 Å². The monoisotopic (exact) mass is 377 g/mol. The molecule has 4 nitrogen and oxygen atoms in total. The van der Waals surface area contributed by atoms with E-state index in [-0.39, 0.29) is 12.1 Å². The quantitative estimate of drug-likeness (QED) is 0.744. The fourth-order valence-corrected chi connectivity index (χ4v) is 4.01. The van der Waals surface area contributed by atoms with Crippen molar-refractivity contribution in [2.75, 3.05) is 13.1 Å². The van der Waals surface area contributed by atoms with Crippen LogP contribution in [0.4, 0.5) is 4.79 Å². The number of urea groups is 1. The number of nitrogens with zero attached hydrogens (tertiary/aromatic N) is 1. The highest BCUT2D eigenvalue weighted by Crippen LogP contribution is 2.41. The minimum Gasteiger partial charge on any atom is -0.334 e. The second kappa shape index (κ2) is 8.78. The molecule has 0 bridgehead atoms. The molecule has 4 heteroatoms. The highest BCUT2D eigenvalue weighted by Gasteiger charge is 2.33. The minimum absolute atomic E-state index is 0.0846. The fourth-order valence-electron chi connectivity index (χ4n) is 4.01. The molecule has 2 aromatic rings. The van der Waals surface area contributed by atoms with Crippen molar-refractivity contribution in [1.82, 2.24) is 15.5 Å². The molecule has 148 valence electrons. The molecule has 2 aliphatic rings. The van der Waals surface area contributed by atoms with Crippen molar-refractivity contribution in [3.8, 4) is 0 Å². The van der Waals surface area contributed by atoms with E-state index in [9.17, 15) is 4.79 Å². The van der Waals surface area contributed by atoms with Crippen molar-refractivity contribution in [3.05, 3.63) is 70.8 Å². The second-order valence-corrected chi connectivity index (χ2v) is 8.35. The van der Waals surface area contributed by atoms with Gasteiger partial charge in [-0.15, -0.1) is 0 Å². The van der Waals surface area contributed by atoms with Crippen LogP contribution in [0.15, 0.2) is 48.5 Å². The molecule has 4 rings (SSSR count). The van der Waals surface area contributed by atoms with E-state index in [4.69, 9.17) is 0 Å². The Morgan fingerprint density at radius 2 is 1.64 bits per heavy atom. The Morgan fingerprint density at radius 3 is 2.29 bits per heavy atom. The average molecular weight is 378 g/mol. The molecule has 2 fully saturated rings. The zero-order valence-corrected chi connectivity index (χ0v) is 16.8. The van der Waals surface area contributed by atoms with Crippen molar-refractivity contribution in [2.24, 2.45) is 5.92 Å². The van der Waals surface area contributed by atoms with Gasteiger partial charge in [0, 0.05) is 13.1 Å². The lowest BCUT2D eigenvalue weighted by Gasteiger charge is -2.19. The molecular formula is C24H31N3O. The minimum atomic E-state index is -0.0846. The van der Waals surface area contributed by atoms with Crippen LogP contribution in [-0.2, 0) is 13.1 Å². The Labute approximate surface area is 168 Å². The lowest BCUT2D eigenvalue weighted by molar-refractivity contribution is 0.235. The van der Waals surface area contributed by atoms with Gasteiger partial charge in [-0.1, -0.05) is 54.1 Å². The van der Waals surface area contributed by atoms with Gasteiger partial charge in [-0.05, 0) is 68.3 Å². The highest BCUT2D eigenvalue weighted by molar-refractivity contribution is 5.74. The van der Waals surface area contributed by atoms with E-state index in [0.29, 0.717) is 12.5 Å². The third-order valence-electron chi connectivity index (χ3n) is 5.90. The number of hydrogen-bond acceptors (Lipinski definition) is 2. The Morgan fingerprint density at radius 1 is 1.00 bits per heavy atom. The van der Waals surface area contributed by atoms with Crippen LogP contribution < -0.4 is 10.6 Å². The van der Waals surface area contributed by atoms with E-state index in [2.05, 4.69) is 71.0 Å². The smallest absolute Gasteiger partial charge is 0.315 e. The summed E-state index contributed by atoms with van der Waals surface area (Å²) in [5.41, 5.74) is 4.94. The maximum atomic E-state index is 12.5. The topological polar surface area (TPSA) is 44.4 Å². The van der Waals surface area contributed by atoms with E-state index in [1.165, 1.54) is 55.5 Å². The summed E-state index contributed by atoms with van der Waals surface area (Å²) in [7, 11) is 0. The summed E-state index contributed by atoms with van der Waals surface area (Å²) >= 11 is 0. The Kier molecular flexibility index (Phi) is 5.96. The van der Waals surface area contributed by atoms with Gasteiger partial charge in [0.1, 0.15) is 0 Å². The number of likely N-dealkylation sites (tertiary alicyclic amines) is 1. The number of carbonyl (C=O) groups excluding carboxylic acids is 1. The summed E-state index contributed by atoms with van der Waals surface area (Å²) in [5, 5.41) is 6.21. The normalized spacial score (nSPS) is 18.0. The van der Waals surface area contributed by atoms with Gasteiger partial charge in [0.25, 0.3) is 0 Å². The Hall–Kier alpha value is -2.33. The van der Waals surface area contributed by atoms with Crippen LogP contribution in [0.5, 0.6) is 0 Å². The molecule has 1 atom stereocenters. The van der Waals surface area contributed by atoms with Crippen molar-refractivity contribution < 1.29 is 4.79 Å². The summed E-state index contributed by atoms with van der Waals surface area (Å²) in [5.74, 6) is 0.568. The molecular weight excluding hydrogens is 346 g/mol. The first-order chi connectivity index (χ1) is 13.7. The largest absolute Gasteiger partial charge is 0.334 e. The average Bonchev–Trinajstić information content (AvgIpc) is 3.43. The number of nitrogens with one attached hydrogen (secondary N) is 2. The molecule has 1 aliphatic carbocycles. The number of rotatable bonds is 7. The highest BCUT2D eigenvalue weighted by atomic mass is 16.2. The molecule has 2 N–H and O–H groups in total. The van der Waals surface area contributed by atoms with Crippen LogP contribution in [0.3, 0.4) is 0 Å². The van der Waals surface area contributed by atoms with Gasteiger partial charge in [-0.2, -0.15) is 0 Å². The molecule has 0 spiro atoms. The van der Waals surface area contributed by atoms with Crippen molar-refractivity contribution in [1.29, 1.82) is 0 Å². The first-order valence-corrected chi connectivity index (χ1v) is 10.6. The molecule has 28 heavy (non-hydrogen) atoms. The first kappa shape index (κ1) is 19.0. The van der Waals surface area contributed by atoms with Gasteiger partial charge < -0.3 is 10.6 Å². The van der Waals surface area contributed by atoms with Crippen LogP contribution in [0.2, 0.25) is 0 Å². The first-order valence-electron chi connectivity index (χ1n) is 10.6. The maximum absolute atomic E-state index is 12.5. The van der Waals surface area contributed by atoms with Gasteiger partial charge in [0.2, 0.25) is 0 Å². The zero-order chi connectivity index (χ0) is 19.3. The third-order valence-corrected chi connectivity index (χ3v) is 5.90. The van der Waals surface area contributed by atoms with Crippen molar-refractivity contribution in [2.45, 2.75) is 51.7 Å². The van der Waals surface area contributed by atoms with Crippen molar-refractivity contribution >= 4 is 6.03 Å². The van der Waals surface area contributed by atoms with Crippen LogP contribution >= 0.6 is 0 Å². The van der Waals surface area contributed by atoms with Crippen LogP contribution in [0.1, 0.15) is 54.0 Å². The number of carbonyl (C=O) groups is 1. The number of aryl methyl sites for hydroxylation is 1. The molecule has 1 saturated heterocycles. The molecule has 1 heterocycles. The Balaban J connectivity index is 1.28. The fraction of sp³-hybridized carbons (Fsp3) is 0.458. The summed E-state index contributed by atoms with van der Waals surface area (Å²) in [6, 6.07) is 17.2. The zero-order valence-electron chi connectivity index (χ0n) is 16.8. The van der Waals surface area contributed by atoms with E-state index < -0.39 is 0 Å². The molecule has 2 amide bonds. The molecule has 2 aromatic carbocycles.